The monoisotopic (exact) mass is 146 g/mol. The van der Waals surface area contributed by atoms with Crippen molar-refractivity contribution in [2.75, 3.05) is 0 Å². The molecule has 0 amide bonds. The van der Waals surface area contributed by atoms with E-state index in [0.29, 0.717) is 5.69 Å². The highest BCUT2D eigenvalue weighted by Crippen LogP contribution is 2.17. The van der Waals surface area contributed by atoms with Crippen molar-refractivity contribution >= 4 is 5.69 Å². The third-order valence-corrected chi connectivity index (χ3v) is 1.54. The van der Waals surface area contributed by atoms with Crippen molar-refractivity contribution in [3.63, 3.8) is 0 Å². The quantitative estimate of drug-likeness (QED) is 0.556. The Balaban J connectivity index is 3.19. The van der Waals surface area contributed by atoms with E-state index in [1.165, 1.54) is 0 Å². The summed E-state index contributed by atoms with van der Waals surface area (Å²) in [6, 6.07) is 3.70. The highest BCUT2D eigenvalue weighted by Gasteiger charge is 2.00. The number of rotatable bonds is 1. The highest BCUT2D eigenvalue weighted by molar-refractivity contribution is 5.49. The van der Waals surface area contributed by atoms with Crippen LogP contribution in [-0.2, 0) is 6.42 Å². The Labute approximate surface area is 66.7 Å². The Morgan fingerprint density at radius 1 is 1.55 bits per heavy atom. The fraction of sp³-hybridized carbons (Fsp3) is 0.333. The summed E-state index contributed by atoms with van der Waals surface area (Å²) in [5.74, 6) is 0. The third kappa shape index (κ3) is 1.56. The van der Waals surface area contributed by atoms with Crippen LogP contribution in [-0.4, -0.2) is 4.98 Å². The Bertz CT molecular complexity index is 297. The lowest BCUT2D eigenvalue weighted by Crippen LogP contribution is -1.88. The minimum Gasteiger partial charge on any atom is -0.270 e. The van der Waals surface area contributed by atoms with Crippen LogP contribution < -0.4 is 0 Å². The standard InChI is InChI=1S/C9H10N2/c1-4-8-9(10-3)6-5-7(2)11-8/h5-6H,4H2,1-2H3. The Morgan fingerprint density at radius 2 is 2.27 bits per heavy atom. The van der Waals surface area contributed by atoms with Gasteiger partial charge in [0.15, 0.2) is 0 Å². The minimum atomic E-state index is 0.679. The van der Waals surface area contributed by atoms with Crippen LogP contribution in [0.4, 0.5) is 5.69 Å². The number of nitrogens with zero attached hydrogens (tertiary/aromatic N) is 2. The largest absolute Gasteiger partial charge is 0.270 e. The maximum atomic E-state index is 6.84. The molecule has 0 saturated heterocycles. The molecular formula is C9H10N2. The Morgan fingerprint density at radius 3 is 2.82 bits per heavy atom. The van der Waals surface area contributed by atoms with Gasteiger partial charge in [-0.3, -0.25) is 4.98 Å². The van der Waals surface area contributed by atoms with Gasteiger partial charge in [-0.05, 0) is 13.3 Å². The molecule has 1 heterocycles. The van der Waals surface area contributed by atoms with Crippen molar-refractivity contribution in [2.45, 2.75) is 20.3 Å². The van der Waals surface area contributed by atoms with Crippen LogP contribution in [0.5, 0.6) is 0 Å². The van der Waals surface area contributed by atoms with E-state index in [0.717, 1.165) is 17.8 Å². The second-order valence-corrected chi connectivity index (χ2v) is 2.38. The highest BCUT2D eigenvalue weighted by atomic mass is 14.8. The van der Waals surface area contributed by atoms with Gasteiger partial charge in [0, 0.05) is 11.4 Å². The van der Waals surface area contributed by atoms with E-state index in [1.807, 2.05) is 26.0 Å². The number of aryl methyl sites for hydroxylation is 2. The van der Waals surface area contributed by atoms with Gasteiger partial charge in [-0.25, -0.2) is 4.85 Å². The van der Waals surface area contributed by atoms with E-state index in [-0.39, 0.29) is 0 Å². The zero-order valence-electron chi connectivity index (χ0n) is 6.76. The molecule has 0 aliphatic heterocycles. The van der Waals surface area contributed by atoms with Gasteiger partial charge in [0.2, 0.25) is 5.69 Å². The van der Waals surface area contributed by atoms with Crippen LogP contribution in [0.3, 0.4) is 0 Å². The SMILES string of the molecule is [C-]#[N+]c1ccc(C)nc1CC. The first-order valence-electron chi connectivity index (χ1n) is 3.62. The van der Waals surface area contributed by atoms with E-state index < -0.39 is 0 Å². The van der Waals surface area contributed by atoms with Crippen LogP contribution in [0.2, 0.25) is 0 Å². The predicted octanol–water partition coefficient (Wildman–Crippen LogP) is 2.50. The first kappa shape index (κ1) is 7.74. The molecule has 1 aromatic heterocycles. The summed E-state index contributed by atoms with van der Waals surface area (Å²) in [7, 11) is 0. The van der Waals surface area contributed by atoms with Crippen molar-refractivity contribution < 1.29 is 0 Å². The van der Waals surface area contributed by atoms with Gasteiger partial charge < -0.3 is 0 Å². The number of hydrogen-bond acceptors (Lipinski definition) is 1. The molecule has 0 aromatic carbocycles. The topological polar surface area (TPSA) is 17.2 Å². The maximum Gasteiger partial charge on any atom is 0.208 e. The van der Waals surface area contributed by atoms with Gasteiger partial charge in [0.1, 0.15) is 0 Å². The average Bonchev–Trinajstić information content (AvgIpc) is 2.04. The summed E-state index contributed by atoms with van der Waals surface area (Å²) in [5.41, 5.74) is 2.56. The van der Waals surface area contributed by atoms with Gasteiger partial charge >= 0.3 is 0 Å². The van der Waals surface area contributed by atoms with Gasteiger partial charge in [-0.1, -0.05) is 19.1 Å². The molecule has 1 aromatic rings. The molecule has 0 atom stereocenters. The molecule has 0 aliphatic rings. The van der Waals surface area contributed by atoms with Crippen LogP contribution in [0.1, 0.15) is 18.3 Å². The lowest BCUT2D eigenvalue weighted by atomic mass is 10.2. The van der Waals surface area contributed by atoms with E-state index >= 15 is 0 Å². The van der Waals surface area contributed by atoms with Crippen molar-refractivity contribution in [2.24, 2.45) is 0 Å². The molecule has 0 fully saturated rings. The van der Waals surface area contributed by atoms with Crippen molar-refractivity contribution in [3.8, 4) is 0 Å². The molecule has 1 rings (SSSR count). The van der Waals surface area contributed by atoms with Crippen LogP contribution in [0, 0.1) is 13.5 Å². The predicted molar refractivity (Wildman–Crippen MR) is 44.6 cm³/mol. The molecule has 11 heavy (non-hydrogen) atoms. The first-order valence-corrected chi connectivity index (χ1v) is 3.62. The van der Waals surface area contributed by atoms with Crippen LogP contribution >= 0.6 is 0 Å². The molecule has 0 aliphatic carbocycles. The molecular weight excluding hydrogens is 136 g/mol. The van der Waals surface area contributed by atoms with Gasteiger partial charge in [-0.2, -0.15) is 0 Å². The fourth-order valence-electron chi connectivity index (χ4n) is 0.965. The maximum absolute atomic E-state index is 6.84. The van der Waals surface area contributed by atoms with Crippen LogP contribution in [0.15, 0.2) is 12.1 Å². The molecule has 2 nitrogen and oxygen atoms in total. The van der Waals surface area contributed by atoms with Gasteiger partial charge in [0.25, 0.3) is 0 Å². The number of hydrogen-bond donors (Lipinski definition) is 0. The Kier molecular flexibility index (Phi) is 2.22. The summed E-state index contributed by atoms with van der Waals surface area (Å²) in [6.07, 6.45) is 0.833. The van der Waals surface area contributed by atoms with Crippen molar-refractivity contribution in [3.05, 3.63) is 34.9 Å². The van der Waals surface area contributed by atoms with Gasteiger partial charge in [0.05, 0.1) is 6.57 Å². The molecule has 0 radical (unpaired) electrons. The number of pyridine rings is 1. The molecule has 0 bridgehead atoms. The first-order chi connectivity index (χ1) is 5.27. The lowest BCUT2D eigenvalue weighted by molar-refractivity contribution is 1.01. The van der Waals surface area contributed by atoms with Crippen molar-refractivity contribution in [1.82, 2.24) is 4.98 Å². The second kappa shape index (κ2) is 3.16. The smallest absolute Gasteiger partial charge is 0.208 e. The summed E-state index contributed by atoms with van der Waals surface area (Å²) in [6.45, 7) is 10.8. The van der Waals surface area contributed by atoms with E-state index in [4.69, 9.17) is 6.57 Å². The van der Waals surface area contributed by atoms with Crippen molar-refractivity contribution in [1.29, 1.82) is 0 Å². The van der Waals surface area contributed by atoms with E-state index in [9.17, 15) is 0 Å². The van der Waals surface area contributed by atoms with E-state index in [2.05, 4.69) is 9.83 Å². The van der Waals surface area contributed by atoms with Crippen LogP contribution in [0.25, 0.3) is 4.85 Å². The third-order valence-electron chi connectivity index (χ3n) is 1.54. The van der Waals surface area contributed by atoms with Gasteiger partial charge in [-0.15, -0.1) is 0 Å². The molecule has 0 unspecified atom stereocenters. The molecule has 0 N–H and O–H groups in total. The molecule has 56 valence electrons. The normalized spacial score (nSPS) is 9.18. The lowest BCUT2D eigenvalue weighted by Gasteiger charge is -1.99. The molecule has 0 saturated carbocycles. The molecule has 2 heteroatoms. The summed E-state index contributed by atoms with van der Waals surface area (Å²) in [5, 5.41) is 0. The summed E-state index contributed by atoms with van der Waals surface area (Å²) in [4.78, 5) is 7.62. The average molecular weight is 146 g/mol. The number of aromatic nitrogens is 1. The minimum absolute atomic E-state index is 0.679. The second-order valence-electron chi connectivity index (χ2n) is 2.38. The fourth-order valence-corrected chi connectivity index (χ4v) is 0.965. The summed E-state index contributed by atoms with van der Waals surface area (Å²) >= 11 is 0. The zero-order chi connectivity index (χ0) is 8.27. The van der Waals surface area contributed by atoms with E-state index in [1.54, 1.807) is 0 Å². The zero-order valence-corrected chi connectivity index (χ0v) is 6.76. The Hall–Kier alpha value is -1.36. The molecule has 0 spiro atoms. The summed E-state index contributed by atoms with van der Waals surface area (Å²) < 4.78 is 0.